The summed E-state index contributed by atoms with van der Waals surface area (Å²) in [7, 11) is 0. The number of fused-ring (bicyclic) bond motifs is 1. The largest absolute Gasteiger partial charge is 0.387 e. The van der Waals surface area contributed by atoms with Crippen molar-refractivity contribution in [3.05, 3.63) is 234 Å². The number of benzene rings is 6. The van der Waals surface area contributed by atoms with Crippen LogP contribution in [0.4, 0.5) is 4.39 Å². The maximum Gasteiger partial charge on any atom is 0.310 e. The molecule has 0 saturated carbocycles. The molecule has 0 unspecified atom stereocenters. The monoisotopic (exact) mass is 754 g/mol. The third kappa shape index (κ3) is 6.60. The van der Waals surface area contributed by atoms with Gasteiger partial charge in [-0.1, -0.05) is 182 Å². The number of rotatable bonds is 12. The van der Waals surface area contributed by atoms with Gasteiger partial charge in [0.05, 0.1) is 19.1 Å². The van der Waals surface area contributed by atoms with Gasteiger partial charge in [-0.05, 0) is 33.4 Å². The first-order chi connectivity index (χ1) is 28.1. The molecule has 9 rings (SSSR count). The molecule has 282 valence electrons. The molecular weight excluding hydrogens is 716 g/mol. The summed E-state index contributed by atoms with van der Waals surface area (Å²) in [4.78, 5) is 12.3. The van der Waals surface area contributed by atoms with E-state index >= 15 is 0 Å². The van der Waals surface area contributed by atoms with E-state index in [9.17, 15) is 9.50 Å². The Morgan fingerprint density at radius 3 is 1.40 bits per heavy atom. The second-order valence-electron chi connectivity index (χ2n) is 14.0. The fourth-order valence-corrected chi connectivity index (χ4v) is 8.10. The lowest BCUT2D eigenvalue weighted by Gasteiger charge is -2.40. The summed E-state index contributed by atoms with van der Waals surface area (Å²) in [6.45, 7) is -0.0544. The Morgan fingerprint density at radius 1 is 0.579 bits per heavy atom. The van der Waals surface area contributed by atoms with Gasteiger partial charge < -0.3 is 19.3 Å². The minimum atomic E-state index is -1.25. The van der Waals surface area contributed by atoms with E-state index in [1.54, 1.807) is 4.57 Å². The zero-order valence-electron chi connectivity index (χ0n) is 30.8. The summed E-state index contributed by atoms with van der Waals surface area (Å²) in [5.41, 5.74) is 3.49. The molecule has 1 aliphatic rings. The van der Waals surface area contributed by atoms with Crippen LogP contribution in [-0.4, -0.2) is 49.5 Å². The maximum atomic E-state index is 14.7. The number of nitrogens with zero attached hydrogens (tertiary/aromatic N) is 4. The van der Waals surface area contributed by atoms with Crippen molar-refractivity contribution >= 4 is 11.2 Å². The molecule has 57 heavy (non-hydrogen) atoms. The van der Waals surface area contributed by atoms with Crippen molar-refractivity contribution < 1.29 is 23.7 Å². The van der Waals surface area contributed by atoms with Crippen LogP contribution in [0.15, 0.2) is 195 Å². The van der Waals surface area contributed by atoms with Crippen LogP contribution in [0.25, 0.3) is 11.2 Å². The van der Waals surface area contributed by atoms with E-state index in [-0.39, 0.29) is 12.3 Å². The second-order valence-corrected chi connectivity index (χ2v) is 14.0. The van der Waals surface area contributed by atoms with Gasteiger partial charge in [-0.25, -0.2) is 9.97 Å². The summed E-state index contributed by atoms with van der Waals surface area (Å²) in [6.07, 6.45) is -2.34. The van der Waals surface area contributed by atoms with Crippen molar-refractivity contribution in [2.75, 3.05) is 6.61 Å². The highest BCUT2D eigenvalue weighted by atomic mass is 19.1. The molecule has 0 amide bonds. The Bertz CT molecular complexity index is 2340. The lowest BCUT2D eigenvalue weighted by atomic mass is 9.79. The number of hydrogen-bond donors (Lipinski definition) is 1. The number of imidazole rings is 1. The zero-order chi connectivity index (χ0) is 38.7. The Hall–Kier alpha value is -6.36. The van der Waals surface area contributed by atoms with Crippen LogP contribution < -0.4 is 0 Å². The molecule has 2 aromatic heterocycles. The normalized spacial score (nSPS) is 18.5. The second kappa shape index (κ2) is 15.6. The maximum absolute atomic E-state index is 14.7. The summed E-state index contributed by atoms with van der Waals surface area (Å²) < 4.78 is 37.9. The smallest absolute Gasteiger partial charge is 0.310 e. The van der Waals surface area contributed by atoms with Gasteiger partial charge in [-0.2, -0.15) is 9.37 Å². The summed E-state index contributed by atoms with van der Waals surface area (Å²) in [5, 5.41) is 12.7. The number of halogens is 1. The molecule has 1 aliphatic heterocycles. The highest BCUT2D eigenvalue weighted by Crippen LogP contribution is 2.47. The summed E-state index contributed by atoms with van der Waals surface area (Å²) >= 11 is 0. The Morgan fingerprint density at radius 2 is 0.982 bits per heavy atom. The third-order valence-corrected chi connectivity index (χ3v) is 10.7. The van der Waals surface area contributed by atoms with Gasteiger partial charge in [-0.3, -0.25) is 4.57 Å². The Balaban J connectivity index is 1.19. The van der Waals surface area contributed by atoms with Crippen molar-refractivity contribution in [2.45, 2.75) is 35.7 Å². The molecule has 1 fully saturated rings. The highest BCUT2D eigenvalue weighted by Gasteiger charge is 2.52. The van der Waals surface area contributed by atoms with Gasteiger partial charge in [0.2, 0.25) is 0 Å². The molecule has 0 radical (unpaired) electrons. The topological polar surface area (TPSA) is 91.5 Å². The third-order valence-electron chi connectivity index (χ3n) is 10.7. The molecule has 0 spiro atoms. The number of aliphatic hydroxyl groups excluding tert-OH is 1. The van der Waals surface area contributed by atoms with Crippen molar-refractivity contribution in [1.29, 1.82) is 0 Å². The molecule has 6 aromatic carbocycles. The molecule has 1 saturated heterocycles. The number of aliphatic hydroxyl groups is 1. The molecule has 8 nitrogen and oxygen atoms in total. The van der Waals surface area contributed by atoms with E-state index in [0.717, 1.165) is 33.4 Å². The number of aromatic nitrogens is 4. The standard InChI is InChI=1S/C48H39FN4O4/c49-46-50-31-40-44(52-46)53(33-51-40)45-43(57-48(37-25-13-4-14-26-37,38-27-15-5-16-28-38)39-29-17-6-18-30-39)42(54)41(56-45)32-55-47(34-19-7-1-8-20-34,35-21-9-2-10-22-35)36-23-11-3-12-24-36/h1-31,33,41-43,45,54H,32H2/t41-,42-,43-,45-/m1/s1. The van der Waals surface area contributed by atoms with Crippen LogP contribution in [0.1, 0.15) is 39.6 Å². The van der Waals surface area contributed by atoms with Crippen molar-refractivity contribution in [2.24, 2.45) is 0 Å². The van der Waals surface area contributed by atoms with E-state index in [4.69, 9.17) is 14.2 Å². The summed E-state index contributed by atoms with van der Waals surface area (Å²) in [6, 6.07) is 59.9. The van der Waals surface area contributed by atoms with Crippen LogP contribution in [0.3, 0.4) is 0 Å². The van der Waals surface area contributed by atoms with Gasteiger partial charge in [0.25, 0.3) is 0 Å². The van der Waals surface area contributed by atoms with Gasteiger partial charge in [0, 0.05) is 0 Å². The average molecular weight is 755 g/mol. The Labute approximate surface area is 329 Å². The fourth-order valence-electron chi connectivity index (χ4n) is 8.10. The lowest BCUT2D eigenvalue weighted by molar-refractivity contribution is -0.123. The molecule has 3 heterocycles. The van der Waals surface area contributed by atoms with E-state index in [1.807, 2.05) is 182 Å². The van der Waals surface area contributed by atoms with Crippen LogP contribution in [0, 0.1) is 6.08 Å². The minimum Gasteiger partial charge on any atom is -0.387 e. The minimum absolute atomic E-state index is 0.0544. The Kier molecular flexibility index (Phi) is 9.96. The highest BCUT2D eigenvalue weighted by molar-refractivity contribution is 5.69. The average Bonchev–Trinajstić information content (AvgIpc) is 3.84. The lowest BCUT2D eigenvalue weighted by Crippen LogP contribution is -2.45. The van der Waals surface area contributed by atoms with Crippen molar-refractivity contribution in [3.8, 4) is 0 Å². The zero-order valence-corrected chi connectivity index (χ0v) is 30.8. The van der Waals surface area contributed by atoms with Crippen LogP contribution in [0.5, 0.6) is 0 Å². The molecule has 8 aromatic rings. The van der Waals surface area contributed by atoms with Gasteiger partial charge in [-0.15, -0.1) is 0 Å². The van der Waals surface area contributed by atoms with Gasteiger partial charge >= 0.3 is 6.08 Å². The molecule has 1 N–H and O–H groups in total. The van der Waals surface area contributed by atoms with Crippen LogP contribution in [0.2, 0.25) is 0 Å². The number of hydrogen-bond acceptors (Lipinski definition) is 7. The first-order valence-corrected chi connectivity index (χ1v) is 18.9. The quantitative estimate of drug-likeness (QED) is 0.0987. The summed E-state index contributed by atoms with van der Waals surface area (Å²) in [5.74, 6) is 0. The van der Waals surface area contributed by atoms with E-state index in [2.05, 4.69) is 15.0 Å². The van der Waals surface area contributed by atoms with Crippen LogP contribution >= 0.6 is 0 Å². The van der Waals surface area contributed by atoms with Gasteiger partial charge in [0.15, 0.2) is 11.9 Å². The molecular formula is C48H39FN4O4. The van der Waals surface area contributed by atoms with Gasteiger partial charge in [0.1, 0.15) is 35.0 Å². The molecule has 0 bridgehead atoms. The van der Waals surface area contributed by atoms with Crippen LogP contribution in [-0.2, 0) is 25.4 Å². The first kappa shape index (κ1) is 36.3. The molecule has 4 atom stereocenters. The predicted molar refractivity (Wildman–Crippen MR) is 214 cm³/mol. The predicted octanol–water partition coefficient (Wildman–Crippen LogP) is 8.61. The van der Waals surface area contributed by atoms with E-state index < -0.39 is 41.8 Å². The van der Waals surface area contributed by atoms with Crippen molar-refractivity contribution in [3.63, 3.8) is 0 Å². The van der Waals surface area contributed by atoms with E-state index in [0.29, 0.717) is 5.52 Å². The van der Waals surface area contributed by atoms with E-state index in [1.165, 1.54) is 12.5 Å². The molecule has 9 heteroatoms. The molecule has 0 aliphatic carbocycles. The van der Waals surface area contributed by atoms with Crippen molar-refractivity contribution in [1.82, 2.24) is 19.5 Å². The number of ether oxygens (including phenoxy) is 3. The fraction of sp³-hybridized carbons (Fsp3) is 0.146. The first-order valence-electron chi connectivity index (χ1n) is 18.9. The SMILES string of the molecule is O[C@H]1[C@@H](OC(c2ccccc2)(c2ccccc2)c2ccccc2)[C@H](n2cnc3cnc(F)nc32)O[C@@H]1COC(c1ccccc1)(c1ccccc1)c1ccccc1.